The Hall–Kier alpha value is -1.56. The molecule has 0 amide bonds. The highest BCUT2D eigenvalue weighted by Gasteiger charge is 2.10. The van der Waals surface area contributed by atoms with Crippen LogP contribution in [0.5, 0.6) is 0 Å². The van der Waals surface area contributed by atoms with Crippen LogP contribution in [0.4, 0.5) is 5.82 Å². The molecule has 0 fully saturated rings. The molecule has 1 heterocycles. The van der Waals surface area contributed by atoms with Crippen LogP contribution in [0.3, 0.4) is 0 Å². The van der Waals surface area contributed by atoms with Gasteiger partial charge in [0.2, 0.25) is 0 Å². The molecule has 15 heavy (non-hydrogen) atoms. The second-order valence-electron chi connectivity index (χ2n) is 3.74. The van der Waals surface area contributed by atoms with Crippen LogP contribution in [-0.4, -0.2) is 18.1 Å². The summed E-state index contributed by atoms with van der Waals surface area (Å²) in [5.74, 6) is 0.870. The van der Waals surface area contributed by atoms with E-state index in [0.717, 1.165) is 18.7 Å². The fraction of sp³-hybridized carbons (Fsp3) is 0.500. The molecule has 0 aliphatic carbocycles. The van der Waals surface area contributed by atoms with Crippen molar-refractivity contribution < 1.29 is 0 Å². The number of pyridine rings is 1. The van der Waals surface area contributed by atoms with E-state index in [9.17, 15) is 0 Å². The maximum atomic E-state index is 8.75. The van der Waals surface area contributed by atoms with Gasteiger partial charge in [-0.1, -0.05) is 19.4 Å². The summed E-state index contributed by atoms with van der Waals surface area (Å²) >= 11 is 0. The number of aromatic nitrogens is 1. The van der Waals surface area contributed by atoms with E-state index in [-0.39, 0.29) is 0 Å². The van der Waals surface area contributed by atoms with Crippen molar-refractivity contribution in [2.45, 2.75) is 32.7 Å². The standard InChI is InChI=1S/C12H17N3/c1-4-6-10(2)15(3)12-8-5-7-11(9-13)14-12/h5,7-8,10H,4,6H2,1-3H3. The molecular formula is C12H17N3. The van der Waals surface area contributed by atoms with E-state index >= 15 is 0 Å². The molecule has 1 rings (SSSR count). The predicted molar refractivity (Wildman–Crippen MR) is 61.7 cm³/mol. The van der Waals surface area contributed by atoms with Gasteiger partial charge in [0.1, 0.15) is 17.6 Å². The van der Waals surface area contributed by atoms with Crippen LogP contribution in [0, 0.1) is 11.3 Å². The third-order valence-corrected chi connectivity index (χ3v) is 2.58. The average molecular weight is 203 g/mol. The summed E-state index contributed by atoms with van der Waals surface area (Å²) in [6.45, 7) is 4.34. The van der Waals surface area contributed by atoms with E-state index < -0.39 is 0 Å². The fourth-order valence-electron chi connectivity index (χ4n) is 1.52. The normalized spacial score (nSPS) is 11.9. The second-order valence-corrected chi connectivity index (χ2v) is 3.74. The molecule has 1 unspecified atom stereocenters. The van der Waals surface area contributed by atoms with Crippen LogP contribution < -0.4 is 4.90 Å². The Morgan fingerprint density at radius 3 is 2.87 bits per heavy atom. The summed E-state index contributed by atoms with van der Waals surface area (Å²) < 4.78 is 0. The summed E-state index contributed by atoms with van der Waals surface area (Å²) in [6, 6.07) is 8.04. The third-order valence-electron chi connectivity index (χ3n) is 2.58. The highest BCUT2D eigenvalue weighted by atomic mass is 15.2. The molecule has 0 bridgehead atoms. The minimum absolute atomic E-state index is 0.455. The van der Waals surface area contributed by atoms with Gasteiger partial charge in [-0.3, -0.25) is 0 Å². The zero-order chi connectivity index (χ0) is 11.3. The van der Waals surface area contributed by atoms with Crippen molar-refractivity contribution in [3.05, 3.63) is 23.9 Å². The number of nitrogens with zero attached hydrogens (tertiary/aromatic N) is 3. The van der Waals surface area contributed by atoms with Gasteiger partial charge in [-0.25, -0.2) is 4.98 Å². The van der Waals surface area contributed by atoms with Gasteiger partial charge in [-0.2, -0.15) is 5.26 Å². The molecule has 1 aromatic rings. The van der Waals surface area contributed by atoms with E-state index in [0.29, 0.717) is 11.7 Å². The Morgan fingerprint density at radius 2 is 2.27 bits per heavy atom. The van der Waals surface area contributed by atoms with Gasteiger partial charge < -0.3 is 4.90 Å². The summed E-state index contributed by atoms with van der Waals surface area (Å²) in [6.07, 6.45) is 2.29. The van der Waals surface area contributed by atoms with E-state index in [1.165, 1.54) is 0 Å². The van der Waals surface area contributed by atoms with E-state index in [1.54, 1.807) is 6.07 Å². The lowest BCUT2D eigenvalue weighted by atomic mass is 10.2. The molecular weight excluding hydrogens is 186 g/mol. The fourth-order valence-corrected chi connectivity index (χ4v) is 1.52. The zero-order valence-corrected chi connectivity index (χ0v) is 9.57. The van der Waals surface area contributed by atoms with Gasteiger partial charge in [0.15, 0.2) is 0 Å². The Balaban J connectivity index is 2.82. The molecule has 80 valence electrons. The highest BCUT2D eigenvalue weighted by Crippen LogP contribution is 2.14. The van der Waals surface area contributed by atoms with Crippen LogP contribution in [-0.2, 0) is 0 Å². The third kappa shape index (κ3) is 2.95. The molecule has 0 spiro atoms. The maximum absolute atomic E-state index is 8.75. The van der Waals surface area contributed by atoms with Gasteiger partial charge in [0.25, 0.3) is 0 Å². The van der Waals surface area contributed by atoms with Crippen LogP contribution in [0.15, 0.2) is 18.2 Å². The summed E-state index contributed by atoms with van der Waals surface area (Å²) in [5.41, 5.74) is 0.475. The minimum atomic E-state index is 0.455. The monoisotopic (exact) mass is 203 g/mol. The summed E-state index contributed by atoms with van der Waals surface area (Å²) in [5, 5.41) is 8.75. The Kier molecular flexibility index (Phi) is 4.11. The topological polar surface area (TPSA) is 39.9 Å². The lowest BCUT2D eigenvalue weighted by Gasteiger charge is -2.25. The van der Waals surface area contributed by atoms with Crippen LogP contribution in [0.1, 0.15) is 32.4 Å². The molecule has 0 aromatic carbocycles. The van der Waals surface area contributed by atoms with E-state index in [4.69, 9.17) is 5.26 Å². The first-order chi connectivity index (χ1) is 7.19. The maximum Gasteiger partial charge on any atom is 0.142 e. The molecule has 1 atom stereocenters. The first-order valence-electron chi connectivity index (χ1n) is 5.29. The van der Waals surface area contributed by atoms with Crippen LogP contribution >= 0.6 is 0 Å². The van der Waals surface area contributed by atoms with Crippen molar-refractivity contribution >= 4 is 5.82 Å². The lowest BCUT2D eigenvalue weighted by molar-refractivity contribution is 0.611. The minimum Gasteiger partial charge on any atom is -0.357 e. The Morgan fingerprint density at radius 1 is 1.53 bits per heavy atom. The highest BCUT2D eigenvalue weighted by molar-refractivity contribution is 5.41. The summed E-state index contributed by atoms with van der Waals surface area (Å²) in [4.78, 5) is 6.37. The summed E-state index contributed by atoms with van der Waals surface area (Å²) in [7, 11) is 2.02. The number of rotatable bonds is 4. The lowest BCUT2D eigenvalue weighted by Crippen LogP contribution is -2.29. The quantitative estimate of drug-likeness (QED) is 0.755. The van der Waals surface area contributed by atoms with Crippen molar-refractivity contribution in [1.82, 2.24) is 4.98 Å². The number of anilines is 1. The van der Waals surface area contributed by atoms with Crippen molar-refractivity contribution in [3.63, 3.8) is 0 Å². The molecule has 0 saturated carbocycles. The molecule has 0 radical (unpaired) electrons. The zero-order valence-electron chi connectivity index (χ0n) is 9.57. The molecule has 0 aliphatic heterocycles. The number of hydrogen-bond donors (Lipinski definition) is 0. The second kappa shape index (κ2) is 5.35. The Bertz CT molecular complexity index is 354. The molecule has 0 aliphatic rings. The SMILES string of the molecule is CCCC(C)N(C)c1cccc(C#N)n1. The molecule has 3 nitrogen and oxygen atoms in total. The number of nitriles is 1. The largest absolute Gasteiger partial charge is 0.357 e. The first-order valence-corrected chi connectivity index (χ1v) is 5.29. The van der Waals surface area contributed by atoms with Crippen LogP contribution in [0.25, 0.3) is 0 Å². The molecule has 1 aromatic heterocycles. The molecule has 0 saturated heterocycles. The predicted octanol–water partition coefficient (Wildman–Crippen LogP) is 2.58. The van der Waals surface area contributed by atoms with Gasteiger partial charge in [0.05, 0.1) is 0 Å². The van der Waals surface area contributed by atoms with Gasteiger partial charge >= 0.3 is 0 Å². The van der Waals surface area contributed by atoms with Crippen molar-refractivity contribution in [2.24, 2.45) is 0 Å². The average Bonchev–Trinajstić information content (AvgIpc) is 2.28. The molecule has 0 N–H and O–H groups in total. The molecule has 3 heteroatoms. The van der Waals surface area contributed by atoms with E-state index in [2.05, 4.69) is 29.8 Å². The van der Waals surface area contributed by atoms with Crippen molar-refractivity contribution in [3.8, 4) is 6.07 Å². The van der Waals surface area contributed by atoms with E-state index in [1.807, 2.05) is 19.2 Å². The van der Waals surface area contributed by atoms with Gasteiger partial charge in [-0.15, -0.1) is 0 Å². The van der Waals surface area contributed by atoms with Crippen molar-refractivity contribution in [2.75, 3.05) is 11.9 Å². The van der Waals surface area contributed by atoms with Crippen LogP contribution in [0.2, 0.25) is 0 Å². The Labute approximate surface area is 91.4 Å². The van der Waals surface area contributed by atoms with Gasteiger partial charge in [0, 0.05) is 13.1 Å². The smallest absolute Gasteiger partial charge is 0.142 e. The van der Waals surface area contributed by atoms with Gasteiger partial charge in [-0.05, 0) is 25.5 Å². The number of hydrogen-bond acceptors (Lipinski definition) is 3. The first kappa shape index (κ1) is 11.5. The van der Waals surface area contributed by atoms with Crippen molar-refractivity contribution in [1.29, 1.82) is 5.26 Å².